The third kappa shape index (κ3) is 3.08. The third-order valence-corrected chi connectivity index (χ3v) is 5.10. The molecule has 8 nitrogen and oxygen atoms in total. The summed E-state index contributed by atoms with van der Waals surface area (Å²) >= 11 is 0. The Bertz CT molecular complexity index is 675. The van der Waals surface area contributed by atoms with Crippen molar-refractivity contribution in [3.63, 3.8) is 0 Å². The molecule has 1 aliphatic carbocycles. The van der Waals surface area contributed by atoms with Crippen molar-refractivity contribution in [2.75, 3.05) is 20.6 Å². The molecule has 1 aromatic heterocycles. The molecule has 1 aliphatic rings. The van der Waals surface area contributed by atoms with Gasteiger partial charge in [0.15, 0.2) is 0 Å². The molecule has 2 N–H and O–H groups in total. The van der Waals surface area contributed by atoms with Crippen molar-refractivity contribution >= 4 is 21.9 Å². The van der Waals surface area contributed by atoms with Crippen LogP contribution in [0.25, 0.3) is 0 Å². The summed E-state index contributed by atoms with van der Waals surface area (Å²) in [5.41, 5.74) is -0.0515. The number of hydrogen-bond donors (Lipinski definition) is 2. The fraction of sp³-hybridized carbons (Fsp3) is 0.500. The Morgan fingerprint density at radius 3 is 2.57 bits per heavy atom. The summed E-state index contributed by atoms with van der Waals surface area (Å²) in [6.45, 7) is -0.324. The van der Waals surface area contributed by atoms with Crippen molar-refractivity contribution < 1.29 is 23.1 Å². The van der Waals surface area contributed by atoms with Gasteiger partial charge in [-0.05, 0) is 18.9 Å². The van der Waals surface area contributed by atoms with E-state index in [0.717, 1.165) is 23.2 Å². The molecule has 0 unspecified atom stereocenters. The van der Waals surface area contributed by atoms with Crippen LogP contribution in [0.15, 0.2) is 17.2 Å². The zero-order valence-electron chi connectivity index (χ0n) is 11.7. The number of carbonyl (C=O) groups excluding carboxylic acids is 1. The SMILES string of the molecule is CNC(=O)CN(C)S(=O)(=O)c1cc(C(=O)O)n(C2CC2)c1. The van der Waals surface area contributed by atoms with Gasteiger partial charge in [0.2, 0.25) is 15.9 Å². The minimum Gasteiger partial charge on any atom is -0.477 e. The predicted molar refractivity (Wildman–Crippen MR) is 73.5 cm³/mol. The molecule has 1 aromatic rings. The maximum Gasteiger partial charge on any atom is 0.352 e. The monoisotopic (exact) mass is 315 g/mol. The van der Waals surface area contributed by atoms with Crippen molar-refractivity contribution in [3.05, 3.63) is 18.0 Å². The molecular formula is C12H17N3O5S. The first kappa shape index (κ1) is 15.5. The topological polar surface area (TPSA) is 109 Å². The molecule has 1 heterocycles. The van der Waals surface area contributed by atoms with Gasteiger partial charge in [-0.25, -0.2) is 13.2 Å². The Morgan fingerprint density at radius 1 is 1.48 bits per heavy atom. The molecule has 0 spiro atoms. The largest absolute Gasteiger partial charge is 0.477 e. The molecule has 1 fully saturated rings. The minimum atomic E-state index is -3.90. The quantitative estimate of drug-likeness (QED) is 0.761. The Labute approximate surface area is 122 Å². The van der Waals surface area contributed by atoms with Crippen LogP contribution in [0.2, 0.25) is 0 Å². The van der Waals surface area contributed by atoms with Crippen LogP contribution in [-0.4, -0.2) is 54.9 Å². The van der Waals surface area contributed by atoms with Crippen molar-refractivity contribution in [2.45, 2.75) is 23.8 Å². The molecule has 1 amide bonds. The number of sulfonamides is 1. The number of amides is 1. The number of rotatable bonds is 6. The Morgan fingerprint density at radius 2 is 2.10 bits per heavy atom. The first-order chi connectivity index (χ1) is 9.77. The third-order valence-electron chi connectivity index (χ3n) is 3.34. The number of aromatic nitrogens is 1. The number of likely N-dealkylation sites (N-methyl/N-ethyl adjacent to an activating group) is 2. The molecule has 0 aromatic carbocycles. The molecule has 0 radical (unpaired) electrons. The first-order valence-electron chi connectivity index (χ1n) is 6.39. The van der Waals surface area contributed by atoms with Gasteiger partial charge in [0.25, 0.3) is 0 Å². The van der Waals surface area contributed by atoms with Gasteiger partial charge in [0.05, 0.1) is 6.54 Å². The number of carbonyl (C=O) groups is 2. The van der Waals surface area contributed by atoms with Crippen LogP contribution >= 0.6 is 0 Å². The van der Waals surface area contributed by atoms with Crippen molar-refractivity contribution in [3.8, 4) is 0 Å². The van der Waals surface area contributed by atoms with Crippen LogP contribution in [0, 0.1) is 0 Å². The second kappa shape index (κ2) is 5.49. The zero-order chi connectivity index (χ0) is 15.8. The lowest BCUT2D eigenvalue weighted by Gasteiger charge is -2.14. The second-order valence-electron chi connectivity index (χ2n) is 4.94. The van der Waals surface area contributed by atoms with E-state index in [1.54, 1.807) is 0 Å². The lowest BCUT2D eigenvalue weighted by Crippen LogP contribution is -2.36. The summed E-state index contributed by atoms with van der Waals surface area (Å²) in [6, 6.07) is 1.18. The number of carboxylic acid groups (broad SMARTS) is 1. The molecule has 2 rings (SSSR count). The smallest absolute Gasteiger partial charge is 0.352 e. The normalized spacial score (nSPS) is 15.2. The van der Waals surface area contributed by atoms with Gasteiger partial charge in [-0.3, -0.25) is 4.79 Å². The van der Waals surface area contributed by atoms with E-state index < -0.39 is 21.9 Å². The van der Waals surface area contributed by atoms with Crippen LogP contribution in [0.1, 0.15) is 29.4 Å². The Hall–Kier alpha value is -1.87. The van der Waals surface area contributed by atoms with Gasteiger partial charge in [-0.1, -0.05) is 0 Å². The summed E-state index contributed by atoms with van der Waals surface area (Å²) < 4.78 is 27.1. The Balaban J connectivity index is 2.34. The first-order valence-corrected chi connectivity index (χ1v) is 7.83. The number of nitrogens with zero attached hydrogens (tertiary/aromatic N) is 2. The molecule has 9 heteroatoms. The lowest BCUT2D eigenvalue weighted by molar-refractivity contribution is -0.120. The number of nitrogens with one attached hydrogen (secondary N) is 1. The fourth-order valence-electron chi connectivity index (χ4n) is 1.97. The van der Waals surface area contributed by atoms with E-state index >= 15 is 0 Å². The average molecular weight is 315 g/mol. The predicted octanol–water partition coefficient (Wildman–Crippen LogP) is -0.112. The van der Waals surface area contributed by atoms with Gasteiger partial charge < -0.3 is 15.0 Å². The van der Waals surface area contributed by atoms with Crippen molar-refractivity contribution in [1.29, 1.82) is 0 Å². The molecule has 0 atom stereocenters. The Kier molecular flexibility index (Phi) is 4.06. The molecule has 21 heavy (non-hydrogen) atoms. The van der Waals surface area contributed by atoms with E-state index in [-0.39, 0.29) is 23.2 Å². The van der Waals surface area contributed by atoms with E-state index in [1.807, 2.05) is 0 Å². The van der Waals surface area contributed by atoms with Crippen LogP contribution < -0.4 is 5.32 Å². The highest BCUT2D eigenvalue weighted by molar-refractivity contribution is 7.89. The van der Waals surface area contributed by atoms with Crippen molar-refractivity contribution in [1.82, 2.24) is 14.2 Å². The van der Waals surface area contributed by atoms with E-state index in [9.17, 15) is 18.0 Å². The minimum absolute atomic E-state index is 0.0456. The molecule has 1 saturated carbocycles. The van der Waals surface area contributed by atoms with E-state index in [0.29, 0.717) is 0 Å². The summed E-state index contributed by atoms with van der Waals surface area (Å²) in [6.07, 6.45) is 3.00. The van der Waals surface area contributed by atoms with E-state index in [1.165, 1.54) is 24.9 Å². The van der Waals surface area contributed by atoms with Crippen LogP contribution in [0.4, 0.5) is 0 Å². The van der Waals surface area contributed by atoms with Gasteiger partial charge in [0.1, 0.15) is 10.6 Å². The number of aromatic carboxylic acids is 1. The lowest BCUT2D eigenvalue weighted by atomic mass is 10.4. The highest BCUT2D eigenvalue weighted by atomic mass is 32.2. The fourth-order valence-corrected chi connectivity index (χ4v) is 3.12. The average Bonchev–Trinajstić information content (AvgIpc) is 3.16. The molecule has 116 valence electrons. The summed E-state index contributed by atoms with van der Waals surface area (Å²) in [4.78, 5) is 22.4. The summed E-state index contributed by atoms with van der Waals surface area (Å²) in [5.74, 6) is -1.61. The molecule has 0 bridgehead atoms. The second-order valence-corrected chi connectivity index (χ2v) is 6.98. The van der Waals surface area contributed by atoms with Gasteiger partial charge in [-0.2, -0.15) is 4.31 Å². The van der Waals surface area contributed by atoms with Crippen LogP contribution in [-0.2, 0) is 14.8 Å². The summed E-state index contributed by atoms with van der Waals surface area (Å²) in [7, 11) is -1.21. The number of carboxylic acids is 1. The standard InChI is InChI=1S/C12H17N3O5S/c1-13-11(16)7-14(2)21(19,20)9-5-10(12(17)18)15(6-9)8-3-4-8/h5-6,8H,3-4,7H2,1-2H3,(H,13,16)(H,17,18). The van der Waals surface area contributed by atoms with E-state index in [4.69, 9.17) is 5.11 Å². The zero-order valence-corrected chi connectivity index (χ0v) is 12.6. The van der Waals surface area contributed by atoms with E-state index in [2.05, 4.69) is 5.32 Å². The maximum absolute atomic E-state index is 12.4. The van der Waals surface area contributed by atoms with Crippen LogP contribution in [0.5, 0.6) is 0 Å². The number of hydrogen-bond acceptors (Lipinski definition) is 4. The van der Waals surface area contributed by atoms with Gasteiger partial charge in [-0.15, -0.1) is 0 Å². The molecular weight excluding hydrogens is 298 g/mol. The van der Waals surface area contributed by atoms with Crippen LogP contribution in [0.3, 0.4) is 0 Å². The summed E-state index contributed by atoms with van der Waals surface area (Å²) in [5, 5.41) is 11.5. The molecule has 0 aliphatic heterocycles. The van der Waals surface area contributed by atoms with Gasteiger partial charge >= 0.3 is 5.97 Å². The highest BCUT2D eigenvalue weighted by Crippen LogP contribution is 2.37. The maximum atomic E-state index is 12.4. The highest BCUT2D eigenvalue weighted by Gasteiger charge is 2.32. The molecule has 0 saturated heterocycles. The van der Waals surface area contributed by atoms with Gasteiger partial charge in [0, 0.05) is 26.3 Å². The van der Waals surface area contributed by atoms with Crippen molar-refractivity contribution in [2.24, 2.45) is 0 Å².